The number of hydrogen-bond acceptors (Lipinski definition) is 2. The summed E-state index contributed by atoms with van der Waals surface area (Å²) in [6, 6.07) is 5.11. The van der Waals surface area contributed by atoms with Gasteiger partial charge in [-0.25, -0.2) is 0 Å². The first-order valence-corrected chi connectivity index (χ1v) is 8.83. The lowest BCUT2D eigenvalue weighted by Gasteiger charge is -2.39. The molecule has 1 aromatic rings. The molecule has 2 heteroatoms. The highest BCUT2D eigenvalue weighted by atomic mass is 15.4. The van der Waals surface area contributed by atoms with Gasteiger partial charge in [0.1, 0.15) is 0 Å². The van der Waals surface area contributed by atoms with Crippen molar-refractivity contribution in [3.05, 3.63) is 52.9 Å². The van der Waals surface area contributed by atoms with E-state index >= 15 is 0 Å². The smallest absolute Gasteiger partial charge is 0.0947 e. The predicted octanol–water partition coefficient (Wildman–Crippen LogP) is 5.15. The minimum Gasteiger partial charge on any atom is -0.351 e. The van der Waals surface area contributed by atoms with Gasteiger partial charge in [-0.1, -0.05) is 43.2 Å². The number of aryl methyl sites for hydroxylation is 3. The van der Waals surface area contributed by atoms with Crippen LogP contribution >= 0.6 is 0 Å². The van der Waals surface area contributed by atoms with E-state index in [1.54, 1.807) is 0 Å². The Bertz CT molecular complexity index is 633. The molecule has 1 aliphatic carbocycles. The SMILES string of the molecule is CC1=CC(C)CC(C)C1N1C=CN(c2c(C)cc(C)cc2C)C1. The van der Waals surface area contributed by atoms with Crippen molar-refractivity contribution in [1.29, 1.82) is 0 Å². The van der Waals surface area contributed by atoms with Crippen LogP contribution in [0, 0.1) is 32.6 Å². The quantitative estimate of drug-likeness (QED) is 0.697. The maximum Gasteiger partial charge on any atom is 0.0947 e. The third kappa shape index (κ3) is 3.04. The van der Waals surface area contributed by atoms with E-state index in [4.69, 9.17) is 0 Å². The Morgan fingerprint density at radius 1 is 0.957 bits per heavy atom. The third-order valence-corrected chi connectivity index (χ3v) is 5.33. The Balaban J connectivity index is 1.83. The number of allylic oxidation sites excluding steroid dienone is 1. The van der Waals surface area contributed by atoms with E-state index in [2.05, 4.69) is 82.0 Å². The van der Waals surface area contributed by atoms with E-state index < -0.39 is 0 Å². The molecule has 3 rings (SSSR count). The molecule has 3 unspecified atom stereocenters. The van der Waals surface area contributed by atoms with E-state index in [1.807, 2.05) is 0 Å². The topological polar surface area (TPSA) is 6.48 Å². The Morgan fingerprint density at radius 3 is 2.22 bits per heavy atom. The highest BCUT2D eigenvalue weighted by molar-refractivity contribution is 5.62. The van der Waals surface area contributed by atoms with Gasteiger partial charge in [-0.05, 0) is 57.1 Å². The fourth-order valence-corrected chi connectivity index (χ4v) is 4.76. The minimum atomic E-state index is 0.540. The van der Waals surface area contributed by atoms with E-state index in [-0.39, 0.29) is 0 Å². The molecule has 0 spiro atoms. The Hall–Kier alpha value is -1.70. The van der Waals surface area contributed by atoms with Gasteiger partial charge >= 0.3 is 0 Å². The monoisotopic (exact) mass is 310 g/mol. The van der Waals surface area contributed by atoms with Crippen molar-refractivity contribution < 1.29 is 0 Å². The minimum absolute atomic E-state index is 0.540. The van der Waals surface area contributed by atoms with Gasteiger partial charge in [-0.15, -0.1) is 0 Å². The molecule has 0 aromatic heterocycles. The van der Waals surface area contributed by atoms with Gasteiger partial charge in [0.25, 0.3) is 0 Å². The summed E-state index contributed by atoms with van der Waals surface area (Å²) in [5, 5.41) is 0. The first kappa shape index (κ1) is 16.2. The number of rotatable bonds is 2. The molecule has 0 fully saturated rings. The predicted molar refractivity (Wildman–Crippen MR) is 99.5 cm³/mol. The molecule has 0 saturated heterocycles. The van der Waals surface area contributed by atoms with E-state index in [0.29, 0.717) is 17.9 Å². The average molecular weight is 310 g/mol. The molecule has 124 valence electrons. The number of hydrogen-bond donors (Lipinski definition) is 0. The molecule has 0 amide bonds. The number of nitrogens with zero attached hydrogens (tertiary/aromatic N) is 2. The lowest BCUT2D eigenvalue weighted by atomic mass is 9.80. The fourth-order valence-electron chi connectivity index (χ4n) is 4.76. The van der Waals surface area contributed by atoms with Crippen molar-refractivity contribution in [3.8, 4) is 0 Å². The van der Waals surface area contributed by atoms with Crippen LogP contribution in [0.4, 0.5) is 5.69 Å². The summed E-state index contributed by atoms with van der Waals surface area (Å²) in [4.78, 5) is 4.92. The fraction of sp³-hybridized carbons (Fsp3) is 0.524. The lowest BCUT2D eigenvalue weighted by Crippen LogP contribution is -2.41. The molecule has 23 heavy (non-hydrogen) atoms. The Labute approximate surface area is 141 Å². The average Bonchev–Trinajstić information content (AvgIpc) is 2.85. The maximum absolute atomic E-state index is 2.51. The highest BCUT2D eigenvalue weighted by Gasteiger charge is 2.31. The van der Waals surface area contributed by atoms with Crippen LogP contribution in [0.5, 0.6) is 0 Å². The van der Waals surface area contributed by atoms with Crippen LogP contribution in [0.2, 0.25) is 0 Å². The Morgan fingerprint density at radius 2 is 1.61 bits per heavy atom. The van der Waals surface area contributed by atoms with Crippen molar-refractivity contribution in [2.75, 3.05) is 11.6 Å². The van der Waals surface area contributed by atoms with Crippen molar-refractivity contribution in [3.63, 3.8) is 0 Å². The van der Waals surface area contributed by atoms with Crippen molar-refractivity contribution in [2.45, 2.75) is 54.0 Å². The molecule has 1 aromatic carbocycles. The molecule has 2 aliphatic rings. The molecule has 2 nitrogen and oxygen atoms in total. The van der Waals surface area contributed by atoms with Crippen LogP contribution < -0.4 is 4.90 Å². The summed E-state index contributed by atoms with van der Waals surface area (Å²) in [6.45, 7) is 14.6. The second kappa shape index (κ2) is 6.07. The zero-order valence-corrected chi connectivity index (χ0v) is 15.4. The third-order valence-electron chi connectivity index (χ3n) is 5.33. The van der Waals surface area contributed by atoms with E-state index in [1.165, 1.54) is 34.4 Å². The maximum atomic E-state index is 2.51. The molecule has 1 heterocycles. The normalized spacial score (nSPS) is 27.6. The zero-order valence-electron chi connectivity index (χ0n) is 15.4. The molecular formula is C21H30N2. The van der Waals surface area contributed by atoms with Crippen molar-refractivity contribution in [1.82, 2.24) is 4.90 Å². The summed E-state index contributed by atoms with van der Waals surface area (Å²) in [7, 11) is 0. The molecule has 0 saturated carbocycles. The molecule has 0 N–H and O–H groups in total. The van der Waals surface area contributed by atoms with Crippen LogP contribution in [-0.2, 0) is 0 Å². The first-order valence-electron chi connectivity index (χ1n) is 8.83. The van der Waals surface area contributed by atoms with E-state index in [9.17, 15) is 0 Å². The second-order valence-corrected chi connectivity index (χ2v) is 7.72. The van der Waals surface area contributed by atoms with Gasteiger partial charge < -0.3 is 9.80 Å². The summed E-state index contributed by atoms with van der Waals surface area (Å²) in [5.41, 5.74) is 6.98. The van der Waals surface area contributed by atoms with Gasteiger partial charge in [0, 0.05) is 18.1 Å². The molecule has 0 radical (unpaired) electrons. The number of anilines is 1. The number of benzene rings is 1. The van der Waals surface area contributed by atoms with Crippen molar-refractivity contribution >= 4 is 5.69 Å². The summed E-state index contributed by atoms with van der Waals surface area (Å²) in [5.74, 6) is 1.42. The molecule has 1 aliphatic heterocycles. The standard InChI is InChI=1S/C21H30N2/c1-14-9-16(3)20(17(4)10-14)22-7-8-23(13-22)21-18(5)11-15(2)12-19(21)6/h7-11,15,19,21H,12-13H2,1-6H3. The van der Waals surface area contributed by atoms with Gasteiger partial charge in [-0.3, -0.25) is 0 Å². The van der Waals surface area contributed by atoms with Gasteiger partial charge in [-0.2, -0.15) is 0 Å². The summed E-state index contributed by atoms with van der Waals surface area (Å²) < 4.78 is 0. The molecule has 3 atom stereocenters. The van der Waals surface area contributed by atoms with Gasteiger partial charge in [0.2, 0.25) is 0 Å². The molecule has 0 bridgehead atoms. The van der Waals surface area contributed by atoms with Crippen LogP contribution in [0.1, 0.15) is 43.9 Å². The highest BCUT2D eigenvalue weighted by Crippen LogP contribution is 2.35. The largest absolute Gasteiger partial charge is 0.351 e. The Kier molecular flexibility index (Phi) is 4.27. The summed E-state index contributed by atoms with van der Waals surface area (Å²) >= 11 is 0. The van der Waals surface area contributed by atoms with Gasteiger partial charge in [0.15, 0.2) is 0 Å². The summed E-state index contributed by atoms with van der Waals surface area (Å²) in [6.07, 6.45) is 8.29. The second-order valence-electron chi connectivity index (χ2n) is 7.72. The molecular weight excluding hydrogens is 280 g/mol. The van der Waals surface area contributed by atoms with Crippen LogP contribution in [0.3, 0.4) is 0 Å². The lowest BCUT2D eigenvalue weighted by molar-refractivity contribution is 0.224. The van der Waals surface area contributed by atoms with Crippen molar-refractivity contribution in [2.24, 2.45) is 11.8 Å². The van der Waals surface area contributed by atoms with Crippen LogP contribution in [-0.4, -0.2) is 17.6 Å². The first-order chi connectivity index (χ1) is 10.9. The van der Waals surface area contributed by atoms with Crippen LogP contribution in [0.25, 0.3) is 0 Å². The van der Waals surface area contributed by atoms with E-state index in [0.717, 1.165) is 6.67 Å². The van der Waals surface area contributed by atoms with Gasteiger partial charge in [0.05, 0.1) is 12.7 Å². The van der Waals surface area contributed by atoms with Crippen LogP contribution in [0.15, 0.2) is 36.2 Å². The zero-order chi connectivity index (χ0) is 16.7.